The third-order valence-electron chi connectivity index (χ3n) is 8.31. The van der Waals surface area contributed by atoms with E-state index in [1.165, 1.54) is 26.9 Å². The van der Waals surface area contributed by atoms with Crippen LogP contribution in [0, 0.1) is 11.3 Å². The molecule has 0 bridgehead atoms. The molecule has 8 rings (SSSR count). The minimum absolute atomic E-state index is 0.654. The Bertz CT molecular complexity index is 2370. The number of rotatable bonds is 4. The van der Waals surface area contributed by atoms with E-state index in [-0.39, 0.29) is 0 Å². The lowest BCUT2D eigenvalue weighted by Gasteiger charge is -2.15. The Hall–Kier alpha value is -6.11. The third-order valence-corrected chi connectivity index (χ3v) is 8.31. The van der Waals surface area contributed by atoms with Crippen molar-refractivity contribution in [3.63, 3.8) is 0 Å². The molecule has 0 saturated carbocycles. The second kappa shape index (κ2) is 10.6. The molecule has 204 valence electrons. The van der Waals surface area contributed by atoms with E-state index in [4.69, 9.17) is 9.97 Å². The molecule has 0 amide bonds. The summed E-state index contributed by atoms with van der Waals surface area (Å²) < 4.78 is 0. The molecule has 0 N–H and O–H groups in total. The standard InChI is InChI=1S/C41H25N3/c42-26-27-14-16-28(17-15-27)29-18-20-31(21-19-29)38-25-39(44-41(43-38)32-9-2-1-3-10-32)40-35-13-7-5-11-33(35)24-37-34-12-6-4-8-30(34)22-23-36(37)40/h1-25H. The van der Waals surface area contributed by atoms with Gasteiger partial charge in [-0.05, 0) is 67.7 Å². The van der Waals surface area contributed by atoms with E-state index in [0.29, 0.717) is 11.4 Å². The van der Waals surface area contributed by atoms with Crippen molar-refractivity contribution >= 4 is 32.3 Å². The Kier molecular flexibility index (Phi) is 6.18. The molecule has 0 saturated heterocycles. The summed E-state index contributed by atoms with van der Waals surface area (Å²) in [6, 6.07) is 54.5. The van der Waals surface area contributed by atoms with Crippen LogP contribution in [0.3, 0.4) is 0 Å². The van der Waals surface area contributed by atoms with Crippen LogP contribution in [0.1, 0.15) is 5.56 Å². The van der Waals surface area contributed by atoms with Crippen molar-refractivity contribution in [1.29, 1.82) is 5.26 Å². The summed E-state index contributed by atoms with van der Waals surface area (Å²) in [5.41, 5.74) is 7.66. The van der Waals surface area contributed by atoms with E-state index in [9.17, 15) is 5.26 Å². The maximum atomic E-state index is 9.17. The van der Waals surface area contributed by atoms with E-state index >= 15 is 0 Å². The summed E-state index contributed by atoms with van der Waals surface area (Å²) in [5.74, 6) is 0.691. The highest BCUT2D eigenvalue weighted by molar-refractivity contribution is 6.19. The molecule has 0 spiro atoms. The number of fused-ring (bicyclic) bond motifs is 4. The van der Waals surface area contributed by atoms with Gasteiger partial charge in [-0.2, -0.15) is 5.26 Å². The first-order valence-electron chi connectivity index (χ1n) is 14.6. The van der Waals surface area contributed by atoms with Crippen LogP contribution in [0.2, 0.25) is 0 Å². The molecule has 0 fully saturated rings. The SMILES string of the molecule is N#Cc1ccc(-c2ccc(-c3cc(-c4c5ccccc5cc5c4ccc4ccccc45)nc(-c4ccccc4)n3)cc2)cc1. The van der Waals surface area contributed by atoms with Gasteiger partial charge in [0.15, 0.2) is 5.82 Å². The van der Waals surface area contributed by atoms with Crippen LogP contribution in [0.4, 0.5) is 0 Å². The smallest absolute Gasteiger partial charge is 0.160 e. The molecule has 0 unspecified atom stereocenters. The minimum Gasteiger partial charge on any atom is -0.228 e. The predicted molar refractivity (Wildman–Crippen MR) is 181 cm³/mol. The number of nitrogens with zero attached hydrogens (tertiary/aromatic N) is 3. The summed E-state index contributed by atoms with van der Waals surface area (Å²) in [7, 11) is 0. The largest absolute Gasteiger partial charge is 0.228 e. The van der Waals surface area contributed by atoms with Crippen molar-refractivity contribution in [2.45, 2.75) is 0 Å². The fourth-order valence-electron chi connectivity index (χ4n) is 6.11. The highest BCUT2D eigenvalue weighted by Gasteiger charge is 2.17. The minimum atomic E-state index is 0.654. The molecule has 0 aliphatic carbocycles. The van der Waals surface area contributed by atoms with Crippen molar-refractivity contribution < 1.29 is 0 Å². The van der Waals surface area contributed by atoms with Crippen molar-refractivity contribution in [1.82, 2.24) is 9.97 Å². The molecule has 0 aliphatic heterocycles. The number of nitriles is 1. The first-order chi connectivity index (χ1) is 21.7. The average molecular weight is 560 g/mol. The van der Waals surface area contributed by atoms with Crippen LogP contribution in [0.15, 0.2) is 152 Å². The number of aromatic nitrogens is 2. The third kappa shape index (κ3) is 4.47. The van der Waals surface area contributed by atoms with Gasteiger partial charge in [-0.1, -0.05) is 127 Å². The Morgan fingerprint density at radius 1 is 0.409 bits per heavy atom. The molecule has 0 aliphatic rings. The van der Waals surface area contributed by atoms with Crippen LogP contribution in [0.25, 0.3) is 77.3 Å². The van der Waals surface area contributed by atoms with Gasteiger partial charge in [0.1, 0.15) is 0 Å². The normalized spacial score (nSPS) is 11.2. The van der Waals surface area contributed by atoms with E-state index in [0.717, 1.165) is 44.6 Å². The Balaban J connectivity index is 1.36. The van der Waals surface area contributed by atoms with Gasteiger partial charge in [0.05, 0.1) is 23.0 Å². The monoisotopic (exact) mass is 559 g/mol. The number of hydrogen-bond acceptors (Lipinski definition) is 3. The summed E-state index contributed by atoms with van der Waals surface area (Å²) in [6.45, 7) is 0. The molecule has 1 heterocycles. The van der Waals surface area contributed by atoms with Gasteiger partial charge in [0.25, 0.3) is 0 Å². The Morgan fingerprint density at radius 3 is 1.77 bits per heavy atom. The predicted octanol–water partition coefficient (Wildman–Crippen LogP) is 10.5. The summed E-state index contributed by atoms with van der Waals surface area (Å²) in [6.07, 6.45) is 0. The maximum absolute atomic E-state index is 9.17. The molecule has 1 aromatic heterocycles. The van der Waals surface area contributed by atoms with Crippen LogP contribution >= 0.6 is 0 Å². The second-order valence-electron chi connectivity index (χ2n) is 10.9. The fourth-order valence-corrected chi connectivity index (χ4v) is 6.11. The molecule has 44 heavy (non-hydrogen) atoms. The first-order valence-corrected chi connectivity index (χ1v) is 14.6. The van der Waals surface area contributed by atoms with E-state index < -0.39 is 0 Å². The summed E-state index contributed by atoms with van der Waals surface area (Å²) in [4.78, 5) is 10.3. The van der Waals surface area contributed by atoms with E-state index in [1.54, 1.807) is 0 Å². The summed E-state index contributed by atoms with van der Waals surface area (Å²) >= 11 is 0. The molecular weight excluding hydrogens is 534 g/mol. The molecular formula is C41H25N3. The van der Waals surface area contributed by atoms with Gasteiger partial charge in [0, 0.05) is 16.7 Å². The second-order valence-corrected chi connectivity index (χ2v) is 10.9. The Labute approximate surface area is 255 Å². The van der Waals surface area contributed by atoms with Gasteiger partial charge >= 0.3 is 0 Å². The first kappa shape index (κ1) is 25.6. The van der Waals surface area contributed by atoms with Gasteiger partial charge in [-0.15, -0.1) is 0 Å². The molecule has 0 radical (unpaired) electrons. The van der Waals surface area contributed by atoms with Gasteiger partial charge < -0.3 is 0 Å². The lowest BCUT2D eigenvalue weighted by atomic mass is 9.91. The highest BCUT2D eigenvalue weighted by Crippen LogP contribution is 2.40. The average Bonchev–Trinajstić information content (AvgIpc) is 3.11. The van der Waals surface area contributed by atoms with Gasteiger partial charge in [0.2, 0.25) is 0 Å². The van der Waals surface area contributed by atoms with Crippen LogP contribution in [-0.2, 0) is 0 Å². The number of hydrogen-bond donors (Lipinski definition) is 0. The van der Waals surface area contributed by atoms with E-state index in [2.05, 4.69) is 115 Å². The molecule has 8 aromatic rings. The highest BCUT2D eigenvalue weighted by atomic mass is 14.9. The molecule has 3 nitrogen and oxygen atoms in total. The zero-order valence-corrected chi connectivity index (χ0v) is 23.8. The quantitative estimate of drug-likeness (QED) is 0.159. The van der Waals surface area contributed by atoms with Crippen LogP contribution in [0.5, 0.6) is 0 Å². The summed E-state index contributed by atoms with van der Waals surface area (Å²) in [5, 5.41) is 16.3. The zero-order valence-electron chi connectivity index (χ0n) is 23.8. The fraction of sp³-hybridized carbons (Fsp3) is 0. The number of benzene rings is 7. The van der Waals surface area contributed by atoms with Gasteiger partial charge in [-0.3, -0.25) is 0 Å². The van der Waals surface area contributed by atoms with Crippen LogP contribution < -0.4 is 0 Å². The molecule has 3 heteroatoms. The zero-order chi connectivity index (χ0) is 29.5. The maximum Gasteiger partial charge on any atom is 0.160 e. The lowest BCUT2D eigenvalue weighted by Crippen LogP contribution is -1.97. The molecule has 0 atom stereocenters. The molecule has 7 aromatic carbocycles. The van der Waals surface area contributed by atoms with Crippen molar-refractivity contribution in [2.24, 2.45) is 0 Å². The van der Waals surface area contributed by atoms with Crippen LogP contribution in [-0.4, -0.2) is 9.97 Å². The topological polar surface area (TPSA) is 49.6 Å². The van der Waals surface area contributed by atoms with Crippen molar-refractivity contribution in [2.75, 3.05) is 0 Å². The Morgan fingerprint density at radius 2 is 1.02 bits per heavy atom. The van der Waals surface area contributed by atoms with Crippen molar-refractivity contribution in [3.8, 4) is 51.1 Å². The lowest BCUT2D eigenvalue weighted by molar-refractivity contribution is 1.19. The van der Waals surface area contributed by atoms with Crippen molar-refractivity contribution in [3.05, 3.63) is 157 Å². The van der Waals surface area contributed by atoms with Gasteiger partial charge in [-0.25, -0.2) is 9.97 Å². The van der Waals surface area contributed by atoms with E-state index in [1.807, 2.05) is 42.5 Å².